The molecule has 1 aromatic carbocycles. The summed E-state index contributed by atoms with van der Waals surface area (Å²) in [4.78, 5) is 8.80. The molecule has 0 amide bonds. The van der Waals surface area contributed by atoms with Crippen molar-refractivity contribution in [2.45, 2.75) is 38.1 Å². The van der Waals surface area contributed by atoms with E-state index in [-0.39, 0.29) is 5.82 Å². The van der Waals surface area contributed by atoms with Crippen LogP contribution in [0.4, 0.5) is 10.3 Å². The highest BCUT2D eigenvalue weighted by molar-refractivity contribution is 5.59. The predicted molar refractivity (Wildman–Crippen MR) is 77.9 cm³/mol. The summed E-state index contributed by atoms with van der Waals surface area (Å²) in [6.45, 7) is 0. The van der Waals surface area contributed by atoms with Gasteiger partial charge in [0.1, 0.15) is 5.82 Å². The van der Waals surface area contributed by atoms with Crippen LogP contribution in [-0.4, -0.2) is 16.0 Å². The average Bonchev–Trinajstić information content (AvgIpc) is 2.49. The smallest absolute Gasteiger partial charge is 0.223 e. The van der Waals surface area contributed by atoms with Crippen molar-refractivity contribution in [3.05, 3.63) is 42.3 Å². The Hall–Kier alpha value is -1.97. The zero-order valence-corrected chi connectivity index (χ0v) is 11.3. The molecule has 0 saturated heterocycles. The maximum absolute atomic E-state index is 12.9. The maximum Gasteiger partial charge on any atom is 0.223 e. The van der Waals surface area contributed by atoms with E-state index in [4.69, 9.17) is 0 Å². The molecule has 1 heterocycles. The lowest BCUT2D eigenvalue weighted by Gasteiger charge is -2.22. The SMILES string of the molecule is Fc1ccc(-c2ccnc(NC3CCCCC3)n2)cc1. The largest absolute Gasteiger partial charge is 0.351 e. The fraction of sp³-hybridized carbons (Fsp3) is 0.375. The molecular weight excluding hydrogens is 253 g/mol. The summed E-state index contributed by atoms with van der Waals surface area (Å²) in [5, 5.41) is 3.41. The highest BCUT2D eigenvalue weighted by atomic mass is 19.1. The lowest BCUT2D eigenvalue weighted by Crippen LogP contribution is -2.23. The summed E-state index contributed by atoms with van der Waals surface area (Å²) < 4.78 is 12.9. The van der Waals surface area contributed by atoms with Crippen molar-refractivity contribution in [2.75, 3.05) is 5.32 Å². The number of nitrogens with zero attached hydrogens (tertiary/aromatic N) is 2. The van der Waals surface area contributed by atoms with E-state index in [2.05, 4.69) is 15.3 Å². The average molecular weight is 271 g/mol. The molecule has 0 radical (unpaired) electrons. The Morgan fingerprint density at radius 2 is 1.75 bits per heavy atom. The van der Waals surface area contributed by atoms with Gasteiger partial charge in [0.15, 0.2) is 0 Å². The minimum Gasteiger partial charge on any atom is -0.351 e. The topological polar surface area (TPSA) is 37.8 Å². The third-order valence-electron chi connectivity index (χ3n) is 3.73. The minimum atomic E-state index is -0.233. The molecule has 1 fully saturated rings. The number of hydrogen-bond donors (Lipinski definition) is 1. The Kier molecular flexibility index (Phi) is 3.90. The van der Waals surface area contributed by atoms with Crippen molar-refractivity contribution >= 4 is 5.95 Å². The van der Waals surface area contributed by atoms with E-state index in [9.17, 15) is 4.39 Å². The molecule has 104 valence electrons. The Labute approximate surface area is 118 Å². The van der Waals surface area contributed by atoms with E-state index in [1.165, 1.54) is 44.2 Å². The molecular formula is C16H18FN3. The monoisotopic (exact) mass is 271 g/mol. The lowest BCUT2D eigenvalue weighted by molar-refractivity contribution is 0.461. The van der Waals surface area contributed by atoms with Gasteiger partial charge in [0.2, 0.25) is 5.95 Å². The number of anilines is 1. The quantitative estimate of drug-likeness (QED) is 0.916. The molecule has 2 aromatic rings. The van der Waals surface area contributed by atoms with Crippen molar-refractivity contribution < 1.29 is 4.39 Å². The van der Waals surface area contributed by atoms with Crippen molar-refractivity contribution in [3.63, 3.8) is 0 Å². The third-order valence-corrected chi connectivity index (χ3v) is 3.73. The van der Waals surface area contributed by atoms with Crippen LogP contribution in [0.5, 0.6) is 0 Å². The second-order valence-electron chi connectivity index (χ2n) is 5.25. The number of hydrogen-bond acceptors (Lipinski definition) is 3. The minimum absolute atomic E-state index is 0.233. The summed E-state index contributed by atoms with van der Waals surface area (Å²) in [5.74, 6) is 0.432. The van der Waals surface area contributed by atoms with Gasteiger partial charge in [-0.1, -0.05) is 19.3 Å². The lowest BCUT2D eigenvalue weighted by atomic mass is 9.96. The first-order chi connectivity index (χ1) is 9.81. The molecule has 3 rings (SSSR count). The summed E-state index contributed by atoms with van der Waals surface area (Å²) in [6, 6.07) is 8.70. The molecule has 0 spiro atoms. The van der Waals surface area contributed by atoms with E-state index in [1.54, 1.807) is 18.3 Å². The Balaban J connectivity index is 1.76. The first kappa shape index (κ1) is 13.0. The van der Waals surface area contributed by atoms with Gasteiger partial charge in [0, 0.05) is 17.8 Å². The van der Waals surface area contributed by atoms with E-state index in [0.717, 1.165) is 11.3 Å². The maximum atomic E-state index is 12.9. The van der Waals surface area contributed by atoms with Crippen molar-refractivity contribution in [3.8, 4) is 11.3 Å². The molecule has 1 aromatic heterocycles. The van der Waals surface area contributed by atoms with Crippen LogP contribution < -0.4 is 5.32 Å². The molecule has 1 aliphatic carbocycles. The number of benzene rings is 1. The molecule has 1 N–H and O–H groups in total. The first-order valence-corrected chi connectivity index (χ1v) is 7.17. The summed E-state index contributed by atoms with van der Waals surface area (Å²) in [6.07, 6.45) is 7.99. The Morgan fingerprint density at radius 3 is 2.50 bits per heavy atom. The number of nitrogens with one attached hydrogen (secondary N) is 1. The second kappa shape index (κ2) is 5.99. The highest BCUT2D eigenvalue weighted by Crippen LogP contribution is 2.22. The highest BCUT2D eigenvalue weighted by Gasteiger charge is 2.14. The van der Waals surface area contributed by atoms with Crippen LogP contribution in [0.2, 0.25) is 0 Å². The van der Waals surface area contributed by atoms with Gasteiger partial charge in [0.05, 0.1) is 5.69 Å². The summed E-state index contributed by atoms with van der Waals surface area (Å²) >= 11 is 0. The Morgan fingerprint density at radius 1 is 1.00 bits per heavy atom. The van der Waals surface area contributed by atoms with Crippen LogP contribution in [-0.2, 0) is 0 Å². The Bertz CT molecular complexity index is 562. The molecule has 1 aliphatic rings. The van der Waals surface area contributed by atoms with Crippen molar-refractivity contribution in [1.29, 1.82) is 0 Å². The fourth-order valence-corrected chi connectivity index (χ4v) is 2.64. The van der Waals surface area contributed by atoms with Crippen LogP contribution in [0.25, 0.3) is 11.3 Å². The van der Waals surface area contributed by atoms with Crippen LogP contribution in [0.1, 0.15) is 32.1 Å². The zero-order valence-electron chi connectivity index (χ0n) is 11.3. The standard InChI is InChI=1S/C16H18FN3/c17-13-8-6-12(7-9-13)15-10-11-18-16(20-15)19-14-4-2-1-3-5-14/h6-11,14H,1-5H2,(H,18,19,20). The van der Waals surface area contributed by atoms with Crippen LogP contribution in [0, 0.1) is 5.82 Å². The van der Waals surface area contributed by atoms with E-state index < -0.39 is 0 Å². The van der Waals surface area contributed by atoms with E-state index in [0.29, 0.717) is 12.0 Å². The predicted octanol–water partition coefficient (Wildman–Crippen LogP) is 4.03. The van der Waals surface area contributed by atoms with Gasteiger partial charge in [-0.25, -0.2) is 14.4 Å². The number of halogens is 1. The van der Waals surface area contributed by atoms with Crippen LogP contribution in [0.3, 0.4) is 0 Å². The number of rotatable bonds is 3. The molecule has 0 bridgehead atoms. The molecule has 0 aliphatic heterocycles. The third kappa shape index (κ3) is 3.13. The van der Waals surface area contributed by atoms with Crippen LogP contribution in [0.15, 0.2) is 36.5 Å². The van der Waals surface area contributed by atoms with Gasteiger partial charge in [-0.05, 0) is 43.2 Å². The van der Waals surface area contributed by atoms with E-state index >= 15 is 0 Å². The van der Waals surface area contributed by atoms with Crippen LogP contribution >= 0.6 is 0 Å². The van der Waals surface area contributed by atoms with Gasteiger partial charge in [-0.15, -0.1) is 0 Å². The molecule has 0 atom stereocenters. The van der Waals surface area contributed by atoms with Gasteiger partial charge >= 0.3 is 0 Å². The normalized spacial score (nSPS) is 16.1. The van der Waals surface area contributed by atoms with Crippen molar-refractivity contribution in [2.24, 2.45) is 0 Å². The molecule has 0 unspecified atom stereocenters. The summed E-state index contributed by atoms with van der Waals surface area (Å²) in [7, 11) is 0. The van der Waals surface area contributed by atoms with Gasteiger partial charge in [-0.2, -0.15) is 0 Å². The molecule has 4 heteroatoms. The van der Waals surface area contributed by atoms with Gasteiger partial charge < -0.3 is 5.32 Å². The molecule has 1 saturated carbocycles. The first-order valence-electron chi connectivity index (χ1n) is 7.17. The second-order valence-corrected chi connectivity index (χ2v) is 5.25. The van der Waals surface area contributed by atoms with Gasteiger partial charge in [0.25, 0.3) is 0 Å². The number of aromatic nitrogens is 2. The molecule has 20 heavy (non-hydrogen) atoms. The van der Waals surface area contributed by atoms with Crippen molar-refractivity contribution in [1.82, 2.24) is 9.97 Å². The van der Waals surface area contributed by atoms with E-state index in [1.807, 2.05) is 6.07 Å². The van der Waals surface area contributed by atoms with Gasteiger partial charge in [-0.3, -0.25) is 0 Å². The fourth-order valence-electron chi connectivity index (χ4n) is 2.64. The zero-order chi connectivity index (χ0) is 13.8. The molecule has 3 nitrogen and oxygen atoms in total. The summed E-state index contributed by atoms with van der Waals surface area (Å²) in [5.41, 5.74) is 1.72.